The highest BCUT2D eigenvalue weighted by Crippen LogP contribution is 2.12. The van der Waals surface area contributed by atoms with Crippen LogP contribution in [-0.4, -0.2) is 38.9 Å². The van der Waals surface area contributed by atoms with E-state index in [1.165, 1.54) is 10.7 Å². The number of hydrogen-bond acceptors (Lipinski definition) is 5. The van der Waals surface area contributed by atoms with Crippen molar-refractivity contribution in [3.8, 4) is 0 Å². The number of aromatic amines is 1. The van der Waals surface area contributed by atoms with Crippen LogP contribution >= 0.6 is 0 Å². The average molecular weight is 293 g/mol. The van der Waals surface area contributed by atoms with Crippen LogP contribution < -0.4 is 5.56 Å². The van der Waals surface area contributed by atoms with Gasteiger partial charge in [0.2, 0.25) is 0 Å². The number of ether oxygens (including phenoxy) is 1. The van der Waals surface area contributed by atoms with Crippen molar-refractivity contribution >= 4 is 11.6 Å². The summed E-state index contributed by atoms with van der Waals surface area (Å²) in [4.78, 5) is 28.7. The van der Waals surface area contributed by atoms with Gasteiger partial charge in [0, 0.05) is 24.8 Å². The zero-order chi connectivity index (χ0) is 15.4. The van der Waals surface area contributed by atoms with Crippen molar-refractivity contribution < 1.29 is 14.6 Å². The minimum absolute atomic E-state index is 0.120. The van der Waals surface area contributed by atoms with Gasteiger partial charge >= 0.3 is 5.97 Å². The van der Waals surface area contributed by atoms with E-state index in [2.05, 4.69) is 10.1 Å². The summed E-state index contributed by atoms with van der Waals surface area (Å²) >= 11 is 0. The third-order valence-electron chi connectivity index (χ3n) is 3.19. The molecule has 0 aliphatic rings. The van der Waals surface area contributed by atoms with Crippen LogP contribution in [0, 0.1) is 0 Å². The summed E-state index contributed by atoms with van der Waals surface area (Å²) < 4.78 is 6.18. The summed E-state index contributed by atoms with van der Waals surface area (Å²) in [6.07, 6.45) is 3.10. The molecule has 0 unspecified atom stereocenters. The van der Waals surface area contributed by atoms with Gasteiger partial charge in [-0.2, -0.15) is 0 Å². The van der Waals surface area contributed by atoms with Gasteiger partial charge in [-0.25, -0.2) is 14.3 Å². The van der Waals surface area contributed by atoms with Gasteiger partial charge in [-0.05, 0) is 13.3 Å². The second-order valence-corrected chi connectivity index (χ2v) is 4.63. The van der Waals surface area contributed by atoms with E-state index >= 15 is 0 Å². The molecule has 0 radical (unpaired) electrons. The topological polar surface area (TPSA) is 96.7 Å². The normalized spacial score (nSPS) is 11.0. The second-order valence-electron chi connectivity index (χ2n) is 4.63. The number of fused-ring (bicyclic) bond motifs is 1. The van der Waals surface area contributed by atoms with Crippen LogP contribution in [-0.2, 0) is 17.6 Å². The van der Waals surface area contributed by atoms with E-state index in [9.17, 15) is 9.59 Å². The molecule has 2 N–H and O–H groups in total. The van der Waals surface area contributed by atoms with Crippen LogP contribution in [0.3, 0.4) is 0 Å². The Morgan fingerprint density at radius 2 is 2.19 bits per heavy atom. The molecule has 114 valence electrons. The molecule has 7 heteroatoms. The summed E-state index contributed by atoms with van der Waals surface area (Å²) in [5.74, 6) is -0.513. The number of hydrogen-bond donors (Lipinski definition) is 2. The molecule has 2 rings (SSSR count). The molecule has 7 nitrogen and oxygen atoms in total. The van der Waals surface area contributed by atoms with Crippen molar-refractivity contribution in [1.29, 1.82) is 0 Å². The third kappa shape index (κ3) is 2.82. The number of esters is 1. The van der Waals surface area contributed by atoms with Crippen LogP contribution in [0.1, 0.15) is 41.9 Å². The first-order valence-electron chi connectivity index (χ1n) is 7.03. The Kier molecular flexibility index (Phi) is 4.74. The molecule has 0 aliphatic carbocycles. The largest absolute Gasteiger partial charge is 0.462 e. The number of nitrogens with zero attached hydrogens (tertiary/aromatic N) is 2. The standard InChI is InChI=1S/C14H19N3O4/c1-3-5-11-9(6-7-18)13(19)17-12(16-11)10(8-15-17)14(20)21-4-2/h8,15,18H,3-7H2,1-2H3. The molecule has 21 heavy (non-hydrogen) atoms. The highest BCUT2D eigenvalue weighted by molar-refractivity contribution is 5.95. The monoisotopic (exact) mass is 293 g/mol. The van der Waals surface area contributed by atoms with Crippen LogP contribution in [0.5, 0.6) is 0 Å². The summed E-state index contributed by atoms with van der Waals surface area (Å²) in [6, 6.07) is 0. The number of carbonyl (C=O) groups excluding carboxylic acids is 1. The van der Waals surface area contributed by atoms with Gasteiger partial charge in [-0.3, -0.25) is 9.89 Å². The van der Waals surface area contributed by atoms with E-state index < -0.39 is 5.97 Å². The lowest BCUT2D eigenvalue weighted by Gasteiger charge is -2.07. The average Bonchev–Trinajstić information content (AvgIpc) is 2.87. The fourth-order valence-corrected chi connectivity index (χ4v) is 2.26. The number of aryl methyl sites for hydroxylation is 1. The molecule has 0 saturated heterocycles. The molecule has 0 bridgehead atoms. The molecule has 0 spiro atoms. The van der Waals surface area contributed by atoms with Crippen LogP contribution in [0.4, 0.5) is 0 Å². The lowest BCUT2D eigenvalue weighted by Crippen LogP contribution is -2.24. The van der Waals surface area contributed by atoms with E-state index in [-0.39, 0.29) is 36.4 Å². The fraction of sp³-hybridized carbons (Fsp3) is 0.500. The molecule has 0 fully saturated rings. The molecular weight excluding hydrogens is 274 g/mol. The second kappa shape index (κ2) is 6.53. The number of aliphatic hydroxyl groups excluding tert-OH is 1. The smallest absolute Gasteiger partial charge is 0.343 e. The van der Waals surface area contributed by atoms with Crippen LogP contribution in [0.25, 0.3) is 5.65 Å². The zero-order valence-electron chi connectivity index (χ0n) is 12.2. The summed E-state index contributed by atoms with van der Waals surface area (Å²) in [7, 11) is 0. The molecular formula is C14H19N3O4. The van der Waals surface area contributed by atoms with Gasteiger partial charge in [-0.1, -0.05) is 13.3 Å². The number of rotatable bonds is 6. The quantitative estimate of drug-likeness (QED) is 0.764. The summed E-state index contributed by atoms with van der Waals surface area (Å²) in [5.41, 5.74) is 1.33. The molecule has 2 heterocycles. The number of carbonyl (C=O) groups is 1. The Labute approximate surface area is 121 Å². The summed E-state index contributed by atoms with van der Waals surface area (Å²) in [5, 5.41) is 11.8. The van der Waals surface area contributed by atoms with Gasteiger partial charge < -0.3 is 9.84 Å². The first-order chi connectivity index (χ1) is 10.1. The van der Waals surface area contributed by atoms with Crippen molar-refractivity contribution in [1.82, 2.24) is 14.6 Å². The Balaban J connectivity index is 2.64. The first kappa shape index (κ1) is 15.2. The molecule has 0 atom stereocenters. The van der Waals surface area contributed by atoms with Gasteiger partial charge in [0.15, 0.2) is 5.65 Å². The highest BCUT2D eigenvalue weighted by atomic mass is 16.5. The molecule has 0 aromatic carbocycles. The van der Waals surface area contributed by atoms with E-state index in [1.807, 2.05) is 6.92 Å². The first-order valence-corrected chi connectivity index (χ1v) is 7.03. The molecule has 2 aromatic heterocycles. The summed E-state index contributed by atoms with van der Waals surface area (Å²) in [6.45, 7) is 3.83. The zero-order valence-corrected chi connectivity index (χ0v) is 12.2. The molecule has 0 amide bonds. The Morgan fingerprint density at radius 3 is 2.81 bits per heavy atom. The fourth-order valence-electron chi connectivity index (χ4n) is 2.26. The predicted octanol–water partition coefficient (Wildman–Crippen LogP) is 0.687. The predicted molar refractivity (Wildman–Crippen MR) is 76.6 cm³/mol. The Hall–Kier alpha value is -2.15. The van der Waals surface area contributed by atoms with Crippen molar-refractivity contribution in [3.05, 3.63) is 33.4 Å². The SMILES string of the molecule is CCCc1nc2c(C(=O)OCC)c[nH]n2c(=O)c1CCO. The molecule has 0 saturated carbocycles. The van der Waals surface area contributed by atoms with Crippen molar-refractivity contribution in [2.45, 2.75) is 33.1 Å². The maximum absolute atomic E-state index is 12.4. The Bertz CT molecular complexity index is 702. The number of aliphatic hydroxyl groups is 1. The van der Waals surface area contributed by atoms with Gasteiger partial charge in [0.1, 0.15) is 5.56 Å². The molecule has 2 aromatic rings. The highest BCUT2D eigenvalue weighted by Gasteiger charge is 2.19. The van der Waals surface area contributed by atoms with Gasteiger partial charge in [0.05, 0.1) is 12.3 Å². The van der Waals surface area contributed by atoms with Gasteiger partial charge in [-0.15, -0.1) is 0 Å². The van der Waals surface area contributed by atoms with Crippen molar-refractivity contribution in [2.75, 3.05) is 13.2 Å². The lowest BCUT2D eigenvalue weighted by molar-refractivity contribution is 0.0528. The van der Waals surface area contributed by atoms with E-state index in [1.54, 1.807) is 6.92 Å². The maximum Gasteiger partial charge on any atom is 0.343 e. The third-order valence-corrected chi connectivity index (χ3v) is 3.19. The maximum atomic E-state index is 12.4. The lowest BCUT2D eigenvalue weighted by atomic mass is 10.1. The Morgan fingerprint density at radius 1 is 1.43 bits per heavy atom. The van der Waals surface area contributed by atoms with Crippen molar-refractivity contribution in [2.24, 2.45) is 0 Å². The number of aromatic nitrogens is 3. The molecule has 0 aliphatic heterocycles. The van der Waals surface area contributed by atoms with Crippen molar-refractivity contribution in [3.63, 3.8) is 0 Å². The number of nitrogens with one attached hydrogen (secondary N) is 1. The minimum atomic E-state index is -0.513. The van der Waals surface area contributed by atoms with Gasteiger partial charge in [0.25, 0.3) is 5.56 Å². The van der Waals surface area contributed by atoms with E-state index in [0.717, 1.165) is 6.42 Å². The minimum Gasteiger partial charge on any atom is -0.462 e. The van der Waals surface area contributed by atoms with Crippen LogP contribution in [0.2, 0.25) is 0 Å². The van der Waals surface area contributed by atoms with Crippen LogP contribution in [0.15, 0.2) is 11.0 Å². The van der Waals surface area contributed by atoms with E-state index in [4.69, 9.17) is 9.84 Å². The van der Waals surface area contributed by atoms with E-state index in [0.29, 0.717) is 17.7 Å². The number of H-pyrrole nitrogens is 1.